The predicted octanol–water partition coefficient (Wildman–Crippen LogP) is 2.36. The Morgan fingerprint density at radius 3 is 3.00 bits per heavy atom. The molecular formula is C7H4ClFN2. The summed E-state index contributed by atoms with van der Waals surface area (Å²) in [6, 6.07) is 2.79. The predicted molar refractivity (Wildman–Crippen MR) is 41.1 cm³/mol. The summed E-state index contributed by atoms with van der Waals surface area (Å²) in [5, 5.41) is 0.485. The molecule has 1 heterocycles. The Hall–Kier alpha value is -1.09. The van der Waals surface area contributed by atoms with Crippen LogP contribution in [0.4, 0.5) is 4.39 Å². The van der Waals surface area contributed by atoms with Crippen LogP contribution in [0.25, 0.3) is 11.0 Å². The Balaban J connectivity index is 2.96. The van der Waals surface area contributed by atoms with Crippen LogP contribution in [0.3, 0.4) is 0 Å². The van der Waals surface area contributed by atoms with Gasteiger partial charge < -0.3 is 4.98 Å². The van der Waals surface area contributed by atoms with E-state index < -0.39 is 0 Å². The van der Waals surface area contributed by atoms with Crippen molar-refractivity contribution in [2.45, 2.75) is 0 Å². The first-order valence-corrected chi connectivity index (χ1v) is 3.44. The van der Waals surface area contributed by atoms with Crippen LogP contribution < -0.4 is 0 Å². The van der Waals surface area contributed by atoms with Crippen molar-refractivity contribution < 1.29 is 4.39 Å². The Morgan fingerprint density at radius 1 is 1.45 bits per heavy atom. The lowest BCUT2D eigenvalue weighted by Gasteiger charge is -1.92. The summed E-state index contributed by atoms with van der Waals surface area (Å²) >= 11 is 5.73. The number of imidazole rings is 1. The third-order valence-electron chi connectivity index (χ3n) is 1.48. The minimum Gasteiger partial charge on any atom is -0.343 e. The maximum Gasteiger partial charge on any atom is 0.151 e. The second kappa shape index (κ2) is 2.20. The fraction of sp³-hybridized carbons (Fsp3) is 0. The number of nitrogens with zero attached hydrogens (tertiary/aromatic N) is 1. The first-order chi connectivity index (χ1) is 5.29. The average molecular weight is 171 g/mol. The lowest BCUT2D eigenvalue weighted by molar-refractivity contribution is 0.637. The standard InChI is InChI=1S/C7H4ClFN2/c8-4-1-2-5(9)7-6(4)10-3-11-7/h1-3H,(H,10,11). The number of benzene rings is 1. The molecule has 0 radical (unpaired) electrons. The number of hydrogen-bond donors (Lipinski definition) is 1. The summed E-state index contributed by atoms with van der Waals surface area (Å²) in [6.45, 7) is 0. The van der Waals surface area contributed by atoms with Gasteiger partial charge in [-0.2, -0.15) is 0 Å². The highest BCUT2D eigenvalue weighted by Gasteiger charge is 2.05. The fourth-order valence-corrected chi connectivity index (χ4v) is 1.17. The van der Waals surface area contributed by atoms with E-state index in [0.717, 1.165) is 0 Å². The number of aromatic nitrogens is 2. The number of fused-ring (bicyclic) bond motifs is 1. The van der Waals surface area contributed by atoms with Gasteiger partial charge in [-0.15, -0.1) is 0 Å². The molecule has 0 aliphatic rings. The van der Waals surface area contributed by atoms with E-state index in [9.17, 15) is 4.39 Å². The van der Waals surface area contributed by atoms with Crippen LogP contribution in [0.15, 0.2) is 18.5 Å². The molecule has 1 N–H and O–H groups in total. The highest BCUT2D eigenvalue weighted by atomic mass is 35.5. The van der Waals surface area contributed by atoms with Gasteiger partial charge in [0.05, 0.1) is 16.9 Å². The minimum absolute atomic E-state index is 0.289. The van der Waals surface area contributed by atoms with E-state index in [2.05, 4.69) is 9.97 Å². The molecule has 11 heavy (non-hydrogen) atoms. The number of nitrogens with one attached hydrogen (secondary N) is 1. The SMILES string of the molecule is Fc1ccc(Cl)c2[nH]cnc12. The van der Waals surface area contributed by atoms with Crippen LogP contribution in [0.1, 0.15) is 0 Å². The number of hydrogen-bond acceptors (Lipinski definition) is 1. The van der Waals surface area contributed by atoms with Crippen molar-refractivity contribution in [3.05, 3.63) is 29.3 Å². The molecule has 1 aromatic carbocycles. The highest BCUT2D eigenvalue weighted by molar-refractivity contribution is 6.34. The third kappa shape index (κ3) is 0.886. The van der Waals surface area contributed by atoms with Gasteiger partial charge in [-0.3, -0.25) is 0 Å². The van der Waals surface area contributed by atoms with E-state index in [1.165, 1.54) is 18.5 Å². The summed E-state index contributed by atoms with van der Waals surface area (Å²) in [7, 11) is 0. The van der Waals surface area contributed by atoms with Crippen LogP contribution in [0, 0.1) is 5.82 Å². The Bertz CT molecular complexity index is 360. The molecule has 0 saturated heterocycles. The van der Waals surface area contributed by atoms with Crippen LogP contribution in [-0.2, 0) is 0 Å². The van der Waals surface area contributed by atoms with Gasteiger partial charge >= 0.3 is 0 Å². The molecule has 0 atom stereocenters. The molecule has 0 bridgehead atoms. The molecule has 0 aliphatic carbocycles. The number of aromatic amines is 1. The smallest absolute Gasteiger partial charge is 0.151 e. The zero-order valence-electron chi connectivity index (χ0n) is 5.44. The van der Waals surface area contributed by atoms with Gasteiger partial charge in [0.15, 0.2) is 5.82 Å². The maximum atomic E-state index is 12.9. The molecule has 2 rings (SSSR count). The van der Waals surface area contributed by atoms with Gasteiger partial charge in [-0.25, -0.2) is 9.37 Å². The molecular weight excluding hydrogens is 167 g/mol. The Morgan fingerprint density at radius 2 is 2.27 bits per heavy atom. The molecule has 0 aliphatic heterocycles. The second-order valence-electron chi connectivity index (χ2n) is 2.16. The van der Waals surface area contributed by atoms with E-state index in [0.29, 0.717) is 10.5 Å². The van der Waals surface area contributed by atoms with E-state index in [-0.39, 0.29) is 11.3 Å². The van der Waals surface area contributed by atoms with E-state index in [4.69, 9.17) is 11.6 Å². The highest BCUT2D eigenvalue weighted by Crippen LogP contribution is 2.21. The summed E-state index contributed by atoms with van der Waals surface area (Å²) in [5.74, 6) is -0.356. The lowest BCUT2D eigenvalue weighted by atomic mass is 10.3. The quantitative estimate of drug-likeness (QED) is 0.646. The molecule has 0 saturated carbocycles. The average Bonchev–Trinajstić information content (AvgIpc) is 2.45. The zero-order chi connectivity index (χ0) is 7.84. The van der Waals surface area contributed by atoms with Crippen LogP contribution in [0.2, 0.25) is 5.02 Å². The summed E-state index contributed by atoms with van der Waals surface area (Å²) in [4.78, 5) is 6.51. The van der Waals surface area contributed by atoms with Crippen molar-refractivity contribution in [3.63, 3.8) is 0 Å². The molecule has 4 heteroatoms. The molecule has 0 spiro atoms. The van der Waals surface area contributed by atoms with E-state index in [1.807, 2.05) is 0 Å². The van der Waals surface area contributed by atoms with Crippen LogP contribution in [-0.4, -0.2) is 9.97 Å². The largest absolute Gasteiger partial charge is 0.343 e. The van der Waals surface area contributed by atoms with Gasteiger partial charge in [0, 0.05) is 0 Å². The summed E-state index contributed by atoms with van der Waals surface area (Å²) in [5.41, 5.74) is 0.837. The third-order valence-corrected chi connectivity index (χ3v) is 1.80. The number of rotatable bonds is 0. The molecule has 56 valence electrons. The van der Waals surface area contributed by atoms with Gasteiger partial charge in [-0.1, -0.05) is 11.6 Å². The van der Waals surface area contributed by atoms with E-state index in [1.54, 1.807) is 0 Å². The van der Waals surface area contributed by atoms with Gasteiger partial charge in [0.25, 0.3) is 0 Å². The van der Waals surface area contributed by atoms with Crippen molar-refractivity contribution in [1.82, 2.24) is 9.97 Å². The fourth-order valence-electron chi connectivity index (χ4n) is 0.966. The number of halogens is 2. The van der Waals surface area contributed by atoms with Gasteiger partial charge in [-0.05, 0) is 12.1 Å². The van der Waals surface area contributed by atoms with Crippen molar-refractivity contribution in [3.8, 4) is 0 Å². The number of H-pyrrole nitrogens is 1. The van der Waals surface area contributed by atoms with Gasteiger partial charge in [0.1, 0.15) is 5.52 Å². The summed E-state index contributed by atoms with van der Waals surface area (Å²) < 4.78 is 12.9. The van der Waals surface area contributed by atoms with Gasteiger partial charge in [0.2, 0.25) is 0 Å². The Labute approximate surface area is 67.0 Å². The first kappa shape index (κ1) is 6.61. The van der Waals surface area contributed by atoms with Crippen molar-refractivity contribution in [1.29, 1.82) is 0 Å². The van der Waals surface area contributed by atoms with Crippen molar-refractivity contribution in [2.75, 3.05) is 0 Å². The summed E-state index contributed by atoms with van der Waals surface area (Å²) in [6.07, 6.45) is 1.42. The van der Waals surface area contributed by atoms with Crippen LogP contribution in [0.5, 0.6) is 0 Å². The van der Waals surface area contributed by atoms with Crippen LogP contribution >= 0.6 is 11.6 Å². The topological polar surface area (TPSA) is 28.7 Å². The molecule has 0 fully saturated rings. The van der Waals surface area contributed by atoms with Crippen molar-refractivity contribution >= 4 is 22.6 Å². The maximum absolute atomic E-state index is 12.9. The van der Waals surface area contributed by atoms with Crippen molar-refractivity contribution in [2.24, 2.45) is 0 Å². The molecule has 0 amide bonds. The zero-order valence-corrected chi connectivity index (χ0v) is 6.19. The normalized spacial score (nSPS) is 10.7. The monoisotopic (exact) mass is 170 g/mol. The molecule has 1 aromatic heterocycles. The molecule has 2 nitrogen and oxygen atoms in total. The Kier molecular flexibility index (Phi) is 1.32. The molecule has 0 unspecified atom stereocenters. The second-order valence-corrected chi connectivity index (χ2v) is 2.56. The first-order valence-electron chi connectivity index (χ1n) is 3.06. The molecule has 2 aromatic rings. The van der Waals surface area contributed by atoms with E-state index >= 15 is 0 Å². The lowest BCUT2D eigenvalue weighted by Crippen LogP contribution is -1.77. The minimum atomic E-state index is -0.356.